The van der Waals surface area contributed by atoms with Crippen LogP contribution in [0, 0.1) is 0 Å². The summed E-state index contributed by atoms with van der Waals surface area (Å²) in [7, 11) is 1.80. The Morgan fingerprint density at radius 3 is 2.52 bits per heavy atom. The molecule has 5 heteroatoms. The summed E-state index contributed by atoms with van der Waals surface area (Å²) < 4.78 is 0. The maximum atomic E-state index is 12.6. The molecule has 2 amide bonds. The summed E-state index contributed by atoms with van der Waals surface area (Å²) in [5.41, 5.74) is 3.89. The Morgan fingerprint density at radius 2 is 1.78 bits per heavy atom. The van der Waals surface area contributed by atoms with Crippen LogP contribution in [0.2, 0.25) is 0 Å². The predicted molar refractivity (Wildman–Crippen MR) is 107 cm³/mol. The summed E-state index contributed by atoms with van der Waals surface area (Å²) >= 11 is 0. The number of carbonyl (C=O) groups excluding carboxylic acids is 2. The van der Waals surface area contributed by atoms with Crippen molar-refractivity contribution in [1.82, 2.24) is 5.32 Å². The fourth-order valence-electron chi connectivity index (χ4n) is 4.03. The van der Waals surface area contributed by atoms with E-state index in [-0.39, 0.29) is 17.7 Å². The molecule has 1 saturated heterocycles. The van der Waals surface area contributed by atoms with Gasteiger partial charge in [-0.3, -0.25) is 9.59 Å². The first-order valence-corrected chi connectivity index (χ1v) is 9.62. The highest BCUT2D eigenvalue weighted by Crippen LogP contribution is 2.34. The fraction of sp³-hybridized carbons (Fsp3) is 0.364. The van der Waals surface area contributed by atoms with Gasteiger partial charge >= 0.3 is 0 Å². The third kappa shape index (κ3) is 3.54. The van der Waals surface area contributed by atoms with Crippen LogP contribution in [0.15, 0.2) is 48.5 Å². The molecule has 1 atom stereocenters. The van der Waals surface area contributed by atoms with Crippen LogP contribution in [0.1, 0.15) is 41.1 Å². The van der Waals surface area contributed by atoms with Gasteiger partial charge in [-0.15, -0.1) is 0 Å². The first-order chi connectivity index (χ1) is 13.1. The van der Waals surface area contributed by atoms with Gasteiger partial charge in [-0.1, -0.05) is 18.2 Å². The number of benzene rings is 2. The average molecular weight is 363 g/mol. The van der Waals surface area contributed by atoms with Crippen molar-refractivity contribution in [2.45, 2.75) is 25.2 Å². The fourth-order valence-corrected chi connectivity index (χ4v) is 4.03. The number of carbonyl (C=O) groups is 2. The average Bonchev–Trinajstić information content (AvgIpc) is 3.24. The van der Waals surface area contributed by atoms with E-state index in [1.165, 1.54) is 18.5 Å². The summed E-state index contributed by atoms with van der Waals surface area (Å²) in [5.74, 6) is 0.00692. The molecule has 0 bridgehead atoms. The van der Waals surface area contributed by atoms with Gasteiger partial charge in [-0.2, -0.15) is 0 Å². The molecule has 27 heavy (non-hydrogen) atoms. The molecule has 2 heterocycles. The van der Waals surface area contributed by atoms with Gasteiger partial charge in [0.15, 0.2) is 0 Å². The molecule has 140 valence electrons. The van der Waals surface area contributed by atoms with E-state index in [1.54, 1.807) is 11.9 Å². The van der Waals surface area contributed by atoms with Crippen LogP contribution in [0.3, 0.4) is 0 Å². The van der Waals surface area contributed by atoms with E-state index in [0.717, 1.165) is 24.3 Å². The smallest absolute Gasteiger partial charge is 0.251 e. The molecular weight excluding hydrogens is 338 g/mol. The van der Waals surface area contributed by atoms with Gasteiger partial charge in [0.05, 0.1) is 0 Å². The third-order valence-corrected chi connectivity index (χ3v) is 5.64. The van der Waals surface area contributed by atoms with Crippen molar-refractivity contribution >= 4 is 23.2 Å². The lowest BCUT2D eigenvalue weighted by Gasteiger charge is -2.31. The summed E-state index contributed by atoms with van der Waals surface area (Å²) in [6.45, 7) is 2.65. The van der Waals surface area contributed by atoms with Crippen LogP contribution in [-0.4, -0.2) is 38.5 Å². The molecular formula is C22H25N3O2. The molecule has 1 fully saturated rings. The van der Waals surface area contributed by atoms with Crippen molar-refractivity contribution in [2.24, 2.45) is 0 Å². The summed E-state index contributed by atoms with van der Waals surface area (Å²) in [4.78, 5) is 28.9. The van der Waals surface area contributed by atoms with E-state index >= 15 is 0 Å². The Morgan fingerprint density at radius 1 is 1.07 bits per heavy atom. The number of hydrogen-bond acceptors (Lipinski definition) is 3. The van der Waals surface area contributed by atoms with Crippen molar-refractivity contribution in [3.05, 3.63) is 59.7 Å². The number of amides is 2. The molecule has 0 aliphatic carbocycles. The molecule has 0 unspecified atom stereocenters. The quantitative estimate of drug-likeness (QED) is 0.908. The van der Waals surface area contributed by atoms with Crippen LogP contribution in [-0.2, 0) is 4.79 Å². The summed E-state index contributed by atoms with van der Waals surface area (Å²) in [6, 6.07) is 15.7. The minimum absolute atomic E-state index is 0.0118. The monoisotopic (exact) mass is 363 g/mol. The second-order valence-corrected chi connectivity index (χ2v) is 7.36. The predicted octanol–water partition coefficient (Wildman–Crippen LogP) is 3.17. The van der Waals surface area contributed by atoms with E-state index in [4.69, 9.17) is 0 Å². The summed E-state index contributed by atoms with van der Waals surface area (Å²) in [5, 5.41) is 3.01. The molecule has 0 spiro atoms. The number of fused-ring (bicyclic) bond motifs is 1. The molecule has 2 aliphatic heterocycles. The maximum absolute atomic E-state index is 12.6. The van der Waals surface area contributed by atoms with Crippen molar-refractivity contribution < 1.29 is 9.59 Å². The number of rotatable bonds is 4. The lowest BCUT2D eigenvalue weighted by Crippen LogP contribution is -2.37. The van der Waals surface area contributed by atoms with E-state index in [2.05, 4.69) is 10.2 Å². The first-order valence-electron chi connectivity index (χ1n) is 9.62. The molecule has 2 aromatic rings. The maximum Gasteiger partial charge on any atom is 0.251 e. The second-order valence-electron chi connectivity index (χ2n) is 7.36. The lowest BCUT2D eigenvalue weighted by molar-refractivity contribution is -0.119. The minimum Gasteiger partial charge on any atom is -0.372 e. The standard InChI is InChI=1S/C22H25N3O2/c1-24-20-7-3-2-6-19(20)17(14-21(24)26)15-23-22(27)16-8-10-18(11-9-16)25-12-4-5-13-25/h2-3,6-11,17H,4-5,12-15H2,1H3,(H,23,27)/t17-/m0/s1. The zero-order valence-electron chi connectivity index (χ0n) is 15.6. The Kier molecular flexibility index (Phi) is 4.84. The van der Waals surface area contributed by atoms with Crippen LogP contribution >= 0.6 is 0 Å². The van der Waals surface area contributed by atoms with Crippen LogP contribution in [0.4, 0.5) is 11.4 Å². The second kappa shape index (κ2) is 7.43. The number of nitrogens with zero attached hydrogens (tertiary/aromatic N) is 2. The number of para-hydroxylation sites is 1. The zero-order chi connectivity index (χ0) is 18.8. The van der Waals surface area contributed by atoms with Crippen molar-refractivity contribution in [1.29, 1.82) is 0 Å². The van der Waals surface area contributed by atoms with Crippen molar-refractivity contribution in [2.75, 3.05) is 36.5 Å². The SMILES string of the molecule is CN1C(=O)C[C@@H](CNC(=O)c2ccc(N3CCCC3)cc2)c2ccccc21. The Bertz CT molecular complexity index is 841. The lowest BCUT2D eigenvalue weighted by atomic mass is 9.89. The topological polar surface area (TPSA) is 52.7 Å². The molecule has 0 saturated carbocycles. The Balaban J connectivity index is 1.42. The summed E-state index contributed by atoms with van der Waals surface area (Å²) in [6.07, 6.45) is 2.89. The van der Waals surface area contributed by atoms with Crippen LogP contribution in [0.25, 0.3) is 0 Å². The molecule has 2 aliphatic rings. The molecule has 5 nitrogen and oxygen atoms in total. The van der Waals surface area contributed by atoms with E-state index in [9.17, 15) is 9.59 Å². The Hall–Kier alpha value is -2.82. The number of nitrogens with one attached hydrogen (secondary N) is 1. The van der Waals surface area contributed by atoms with E-state index in [0.29, 0.717) is 18.5 Å². The van der Waals surface area contributed by atoms with E-state index < -0.39 is 0 Å². The highest BCUT2D eigenvalue weighted by atomic mass is 16.2. The minimum atomic E-state index is -0.0909. The molecule has 0 radical (unpaired) electrons. The molecule has 4 rings (SSSR count). The van der Waals surface area contributed by atoms with E-state index in [1.807, 2.05) is 48.5 Å². The van der Waals surface area contributed by atoms with Crippen LogP contribution < -0.4 is 15.1 Å². The van der Waals surface area contributed by atoms with Gasteiger partial charge in [-0.05, 0) is 48.7 Å². The van der Waals surface area contributed by atoms with Gasteiger partial charge < -0.3 is 15.1 Å². The van der Waals surface area contributed by atoms with Crippen LogP contribution in [0.5, 0.6) is 0 Å². The first kappa shape index (κ1) is 17.6. The van der Waals surface area contributed by atoms with Gasteiger partial charge in [0.25, 0.3) is 5.91 Å². The van der Waals surface area contributed by atoms with Crippen molar-refractivity contribution in [3.63, 3.8) is 0 Å². The molecule has 0 aromatic heterocycles. The Labute approximate surface area is 160 Å². The molecule has 1 N–H and O–H groups in total. The van der Waals surface area contributed by atoms with Crippen molar-refractivity contribution in [3.8, 4) is 0 Å². The van der Waals surface area contributed by atoms with Gasteiger partial charge in [-0.25, -0.2) is 0 Å². The normalized spacial score (nSPS) is 19.1. The highest BCUT2D eigenvalue weighted by molar-refractivity contribution is 5.97. The van der Waals surface area contributed by atoms with Gasteiger partial charge in [0.1, 0.15) is 0 Å². The zero-order valence-corrected chi connectivity index (χ0v) is 15.6. The largest absolute Gasteiger partial charge is 0.372 e. The number of hydrogen-bond donors (Lipinski definition) is 1. The highest BCUT2D eigenvalue weighted by Gasteiger charge is 2.29. The number of anilines is 2. The molecule has 2 aromatic carbocycles. The van der Waals surface area contributed by atoms with Gasteiger partial charge in [0, 0.05) is 56.0 Å². The third-order valence-electron chi connectivity index (χ3n) is 5.64. The van der Waals surface area contributed by atoms with Gasteiger partial charge in [0.2, 0.25) is 5.91 Å².